The van der Waals surface area contributed by atoms with Crippen molar-refractivity contribution >= 4 is 0 Å². The Morgan fingerprint density at radius 3 is 2.30 bits per heavy atom. The quantitative estimate of drug-likeness (QED) is 0.525. The Bertz CT molecular complexity index is 109. The number of rotatable bonds is 0. The Morgan fingerprint density at radius 2 is 1.80 bits per heavy atom. The lowest BCUT2D eigenvalue weighted by atomic mass is 9.87. The predicted octanol–water partition coefficient (Wildman–Crippen LogP) is 0.190. The highest BCUT2D eigenvalue weighted by molar-refractivity contribution is 4.87. The molecule has 0 amide bonds. The molecule has 2 rings (SSSR count). The normalized spacial score (nSPS) is 47.1. The molecule has 2 bridgehead atoms. The van der Waals surface area contributed by atoms with Gasteiger partial charge in [-0.1, -0.05) is 0 Å². The van der Waals surface area contributed by atoms with Gasteiger partial charge in [-0.25, -0.2) is 4.39 Å². The summed E-state index contributed by atoms with van der Waals surface area (Å²) in [6.45, 7) is 2.78. The van der Waals surface area contributed by atoms with Crippen LogP contribution in [-0.2, 0) is 4.74 Å². The van der Waals surface area contributed by atoms with Crippen LogP contribution in [0.5, 0.6) is 0 Å². The third-order valence-corrected chi connectivity index (χ3v) is 2.38. The van der Waals surface area contributed by atoms with E-state index in [1.54, 1.807) is 0 Å². The summed E-state index contributed by atoms with van der Waals surface area (Å²) in [6.07, 6.45) is -0.616. The van der Waals surface area contributed by atoms with Crippen molar-refractivity contribution in [1.29, 1.82) is 0 Å². The summed E-state index contributed by atoms with van der Waals surface area (Å²) >= 11 is 0. The Hall–Kier alpha value is -0.150. The minimum Gasteiger partial charge on any atom is -0.381 e. The van der Waals surface area contributed by atoms with Crippen molar-refractivity contribution in [2.45, 2.75) is 6.17 Å². The van der Waals surface area contributed by atoms with Crippen molar-refractivity contribution < 1.29 is 9.13 Å². The summed E-state index contributed by atoms with van der Waals surface area (Å²) < 4.78 is 18.4. The monoisotopic (exact) mass is 145 g/mol. The average Bonchev–Trinajstić information content (AvgIpc) is 1.86. The largest absolute Gasteiger partial charge is 0.381 e. The first kappa shape index (κ1) is 6.55. The summed E-state index contributed by atoms with van der Waals surface area (Å²) in [7, 11) is 0. The Morgan fingerprint density at radius 1 is 1.20 bits per heavy atom. The van der Waals surface area contributed by atoms with Crippen LogP contribution in [0.4, 0.5) is 4.39 Å². The molecule has 0 spiro atoms. The second-order valence-corrected chi connectivity index (χ2v) is 3.16. The molecule has 2 aliphatic rings. The zero-order valence-electron chi connectivity index (χ0n) is 5.85. The Labute approximate surface area is 59.7 Å². The number of ether oxygens (including phenoxy) is 1. The zero-order valence-corrected chi connectivity index (χ0v) is 5.85. The van der Waals surface area contributed by atoms with Gasteiger partial charge in [0.1, 0.15) is 6.17 Å². The average molecular weight is 145 g/mol. The Balaban J connectivity index is 2.05. The van der Waals surface area contributed by atoms with E-state index in [9.17, 15) is 4.39 Å². The van der Waals surface area contributed by atoms with Gasteiger partial charge in [0, 0.05) is 24.9 Å². The van der Waals surface area contributed by atoms with Crippen molar-refractivity contribution in [1.82, 2.24) is 5.32 Å². The van der Waals surface area contributed by atoms with E-state index < -0.39 is 6.17 Å². The molecule has 58 valence electrons. The molecule has 2 unspecified atom stereocenters. The number of nitrogens with one attached hydrogen (secondary N) is 1. The third kappa shape index (κ3) is 0.935. The van der Waals surface area contributed by atoms with Crippen LogP contribution in [0.15, 0.2) is 0 Å². The van der Waals surface area contributed by atoms with Crippen molar-refractivity contribution in [2.75, 3.05) is 26.3 Å². The van der Waals surface area contributed by atoms with Gasteiger partial charge in [-0.3, -0.25) is 0 Å². The number of hydrogen-bond donors (Lipinski definition) is 1. The van der Waals surface area contributed by atoms with Gasteiger partial charge in [0.25, 0.3) is 0 Å². The topological polar surface area (TPSA) is 21.3 Å². The molecule has 0 saturated carbocycles. The molecule has 2 saturated heterocycles. The molecular weight excluding hydrogens is 133 g/mol. The highest BCUT2D eigenvalue weighted by Crippen LogP contribution is 2.25. The van der Waals surface area contributed by atoms with E-state index in [0.717, 1.165) is 13.1 Å². The van der Waals surface area contributed by atoms with E-state index in [1.807, 2.05) is 0 Å². The lowest BCUT2D eigenvalue weighted by Gasteiger charge is -2.37. The van der Waals surface area contributed by atoms with Gasteiger partial charge in [-0.2, -0.15) is 0 Å². The highest BCUT2D eigenvalue weighted by atomic mass is 19.1. The molecule has 0 aromatic heterocycles. The van der Waals surface area contributed by atoms with Gasteiger partial charge in [-0.05, 0) is 0 Å². The van der Waals surface area contributed by atoms with Crippen LogP contribution in [0.1, 0.15) is 0 Å². The van der Waals surface area contributed by atoms with Gasteiger partial charge in [0.05, 0.1) is 13.2 Å². The summed E-state index contributed by atoms with van der Waals surface area (Å²) in [6, 6.07) is 0. The molecule has 2 atom stereocenters. The summed E-state index contributed by atoms with van der Waals surface area (Å²) in [4.78, 5) is 0. The van der Waals surface area contributed by atoms with Gasteiger partial charge in [0.15, 0.2) is 0 Å². The van der Waals surface area contributed by atoms with Crippen molar-refractivity contribution in [2.24, 2.45) is 11.8 Å². The van der Waals surface area contributed by atoms with Crippen molar-refractivity contribution in [3.8, 4) is 0 Å². The Kier molecular flexibility index (Phi) is 1.62. The van der Waals surface area contributed by atoms with Crippen LogP contribution in [-0.4, -0.2) is 32.5 Å². The van der Waals surface area contributed by atoms with E-state index in [0.29, 0.717) is 13.2 Å². The van der Waals surface area contributed by atoms with Gasteiger partial charge >= 0.3 is 0 Å². The summed E-state index contributed by atoms with van der Waals surface area (Å²) in [5.74, 6) is 0.236. The maximum atomic E-state index is 13.2. The van der Waals surface area contributed by atoms with Gasteiger partial charge < -0.3 is 10.1 Å². The van der Waals surface area contributed by atoms with E-state index in [1.165, 1.54) is 0 Å². The number of alkyl halides is 1. The number of hydrogen-bond acceptors (Lipinski definition) is 2. The first-order chi connectivity index (χ1) is 4.88. The molecular formula is C7H12FNO. The molecule has 2 heterocycles. The number of fused-ring (bicyclic) bond motifs is 2. The maximum absolute atomic E-state index is 13.2. The predicted molar refractivity (Wildman–Crippen MR) is 35.6 cm³/mol. The number of halogens is 1. The van der Waals surface area contributed by atoms with Gasteiger partial charge in [0.2, 0.25) is 0 Å². The zero-order chi connectivity index (χ0) is 6.97. The molecule has 0 radical (unpaired) electrons. The fraction of sp³-hybridized carbons (Fsp3) is 1.00. The molecule has 0 aromatic carbocycles. The number of piperidine rings is 1. The van der Waals surface area contributed by atoms with E-state index >= 15 is 0 Å². The maximum Gasteiger partial charge on any atom is 0.113 e. The van der Waals surface area contributed by atoms with E-state index in [2.05, 4.69) is 5.32 Å². The van der Waals surface area contributed by atoms with Crippen LogP contribution in [0.3, 0.4) is 0 Å². The molecule has 2 nitrogen and oxygen atoms in total. The van der Waals surface area contributed by atoms with E-state index in [4.69, 9.17) is 4.74 Å². The summed E-state index contributed by atoms with van der Waals surface area (Å²) in [5, 5.41) is 3.20. The third-order valence-electron chi connectivity index (χ3n) is 2.38. The van der Waals surface area contributed by atoms with Gasteiger partial charge in [-0.15, -0.1) is 0 Å². The minimum atomic E-state index is -0.616. The van der Waals surface area contributed by atoms with Crippen molar-refractivity contribution in [3.05, 3.63) is 0 Å². The van der Waals surface area contributed by atoms with Crippen LogP contribution >= 0.6 is 0 Å². The van der Waals surface area contributed by atoms with Crippen LogP contribution < -0.4 is 5.32 Å². The second kappa shape index (κ2) is 2.47. The molecule has 2 fully saturated rings. The molecule has 0 aromatic rings. The molecule has 10 heavy (non-hydrogen) atoms. The fourth-order valence-electron chi connectivity index (χ4n) is 1.74. The fourth-order valence-corrected chi connectivity index (χ4v) is 1.74. The summed E-state index contributed by atoms with van der Waals surface area (Å²) in [5.41, 5.74) is 0. The first-order valence-corrected chi connectivity index (χ1v) is 3.80. The standard InChI is InChI=1S/C7H12FNO/c8-7-5-1-9-2-6(7)4-10-3-5/h5-7,9H,1-4H2. The lowest BCUT2D eigenvalue weighted by Crippen LogP contribution is -2.51. The minimum absolute atomic E-state index is 0.118. The first-order valence-electron chi connectivity index (χ1n) is 3.80. The lowest BCUT2D eigenvalue weighted by molar-refractivity contribution is -0.0588. The van der Waals surface area contributed by atoms with Crippen LogP contribution in [0.25, 0.3) is 0 Å². The SMILES string of the molecule is FC1C2CNCC1COC2. The molecule has 3 heteroatoms. The second-order valence-electron chi connectivity index (χ2n) is 3.16. The van der Waals surface area contributed by atoms with Crippen LogP contribution in [0, 0.1) is 11.8 Å². The molecule has 2 aliphatic heterocycles. The van der Waals surface area contributed by atoms with E-state index in [-0.39, 0.29) is 11.8 Å². The highest BCUT2D eigenvalue weighted by Gasteiger charge is 2.36. The van der Waals surface area contributed by atoms with Crippen molar-refractivity contribution in [3.63, 3.8) is 0 Å². The molecule has 1 N–H and O–H groups in total. The smallest absolute Gasteiger partial charge is 0.113 e. The molecule has 0 aliphatic carbocycles. The van der Waals surface area contributed by atoms with Crippen LogP contribution in [0.2, 0.25) is 0 Å².